The van der Waals surface area contributed by atoms with Gasteiger partial charge in [-0.15, -0.1) is 0 Å². The van der Waals surface area contributed by atoms with Crippen LogP contribution in [0.5, 0.6) is 5.75 Å². The van der Waals surface area contributed by atoms with Crippen LogP contribution in [0.3, 0.4) is 0 Å². The molecule has 1 aromatic carbocycles. The number of carbonyl (C=O) groups is 1. The minimum absolute atomic E-state index is 0.0943. The van der Waals surface area contributed by atoms with Crippen LogP contribution in [0.2, 0.25) is 0 Å². The molecule has 0 spiro atoms. The molecule has 0 saturated heterocycles. The van der Waals surface area contributed by atoms with E-state index < -0.39 is 5.97 Å². The number of para-hydroxylation sites is 1. The third kappa shape index (κ3) is 3.16. The second-order valence-corrected chi connectivity index (χ2v) is 3.23. The number of aryl methyl sites for hydroxylation is 1. The predicted octanol–water partition coefficient (Wildman–Crippen LogP) is 1.89. The van der Waals surface area contributed by atoms with E-state index >= 15 is 0 Å². The highest BCUT2D eigenvalue weighted by Gasteiger charge is 2.05. The quantitative estimate of drug-likeness (QED) is 0.777. The lowest BCUT2D eigenvalue weighted by molar-refractivity contribution is -0.136. The molecule has 15 heavy (non-hydrogen) atoms. The van der Waals surface area contributed by atoms with Crippen molar-refractivity contribution in [2.75, 3.05) is 19.0 Å². The van der Waals surface area contributed by atoms with Gasteiger partial charge in [0, 0.05) is 6.54 Å². The van der Waals surface area contributed by atoms with Crippen LogP contribution in [0.1, 0.15) is 12.0 Å². The summed E-state index contributed by atoms with van der Waals surface area (Å²) in [7, 11) is 1.60. The molecule has 1 rings (SSSR count). The summed E-state index contributed by atoms with van der Waals surface area (Å²) in [5, 5.41) is 11.5. The monoisotopic (exact) mass is 209 g/mol. The van der Waals surface area contributed by atoms with Crippen molar-refractivity contribution >= 4 is 11.7 Å². The van der Waals surface area contributed by atoms with E-state index in [1.807, 2.05) is 25.1 Å². The molecule has 4 heteroatoms. The van der Waals surface area contributed by atoms with Gasteiger partial charge >= 0.3 is 5.97 Å². The Balaban J connectivity index is 2.67. The first-order chi connectivity index (χ1) is 7.15. The van der Waals surface area contributed by atoms with Gasteiger partial charge in [-0.1, -0.05) is 12.1 Å². The molecule has 0 atom stereocenters. The van der Waals surface area contributed by atoms with Gasteiger partial charge in [-0.25, -0.2) is 0 Å². The number of rotatable bonds is 5. The first-order valence-electron chi connectivity index (χ1n) is 4.74. The molecule has 0 fully saturated rings. The van der Waals surface area contributed by atoms with Crippen LogP contribution in [-0.4, -0.2) is 24.7 Å². The minimum Gasteiger partial charge on any atom is -0.494 e. The minimum atomic E-state index is -0.811. The number of nitrogens with one attached hydrogen (secondary N) is 1. The highest BCUT2D eigenvalue weighted by Crippen LogP contribution is 2.27. The van der Waals surface area contributed by atoms with Crippen LogP contribution in [0, 0.1) is 6.92 Å². The molecule has 1 aromatic rings. The molecule has 0 aliphatic carbocycles. The molecule has 0 bridgehead atoms. The third-order valence-corrected chi connectivity index (χ3v) is 2.07. The van der Waals surface area contributed by atoms with Crippen molar-refractivity contribution in [2.24, 2.45) is 0 Å². The Morgan fingerprint density at radius 2 is 2.27 bits per heavy atom. The molecule has 0 aliphatic heterocycles. The first-order valence-corrected chi connectivity index (χ1v) is 4.74. The predicted molar refractivity (Wildman–Crippen MR) is 58.5 cm³/mol. The average molecular weight is 209 g/mol. The van der Waals surface area contributed by atoms with E-state index in [0.717, 1.165) is 17.0 Å². The fourth-order valence-electron chi connectivity index (χ4n) is 1.37. The summed E-state index contributed by atoms with van der Waals surface area (Å²) in [6, 6.07) is 5.72. The Morgan fingerprint density at radius 3 is 2.87 bits per heavy atom. The largest absolute Gasteiger partial charge is 0.494 e. The van der Waals surface area contributed by atoms with Crippen molar-refractivity contribution in [1.82, 2.24) is 0 Å². The molecular weight excluding hydrogens is 194 g/mol. The number of carboxylic acid groups (broad SMARTS) is 1. The fourth-order valence-corrected chi connectivity index (χ4v) is 1.37. The lowest BCUT2D eigenvalue weighted by atomic mass is 10.2. The highest BCUT2D eigenvalue weighted by atomic mass is 16.5. The molecule has 0 amide bonds. The second-order valence-electron chi connectivity index (χ2n) is 3.23. The van der Waals surface area contributed by atoms with Gasteiger partial charge in [0.2, 0.25) is 0 Å². The third-order valence-electron chi connectivity index (χ3n) is 2.07. The number of ether oxygens (including phenoxy) is 1. The van der Waals surface area contributed by atoms with E-state index in [2.05, 4.69) is 5.32 Å². The summed E-state index contributed by atoms with van der Waals surface area (Å²) in [4.78, 5) is 10.3. The van der Waals surface area contributed by atoms with Gasteiger partial charge in [0.25, 0.3) is 0 Å². The van der Waals surface area contributed by atoms with Crippen molar-refractivity contribution in [1.29, 1.82) is 0 Å². The van der Waals surface area contributed by atoms with E-state index in [1.165, 1.54) is 0 Å². The summed E-state index contributed by atoms with van der Waals surface area (Å²) < 4.78 is 5.22. The summed E-state index contributed by atoms with van der Waals surface area (Å²) in [6.07, 6.45) is 0.0943. The Labute approximate surface area is 88.9 Å². The maximum Gasteiger partial charge on any atom is 0.305 e. The first kappa shape index (κ1) is 11.4. The Kier molecular flexibility index (Phi) is 3.97. The number of methoxy groups -OCH3 is 1. The van der Waals surface area contributed by atoms with E-state index in [9.17, 15) is 4.79 Å². The SMILES string of the molecule is COc1c(C)cccc1NCCC(=O)O. The molecule has 0 radical (unpaired) electrons. The molecule has 82 valence electrons. The van der Waals surface area contributed by atoms with Gasteiger partial charge in [-0.3, -0.25) is 4.79 Å². The zero-order valence-electron chi connectivity index (χ0n) is 8.91. The van der Waals surface area contributed by atoms with Gasteiger partial charge in [0.05, 0.1) is 19.2 Å². The van der Waals surface area contributed by atoms with Crippen molar-refractivity contribution in [3.63, 3.8) is 0 Å². The van der Waals surface area contributed by atoms with Gasteiger partial charge in [0.1, 0.15) is 5.75 Å². The zero-order chi connectivity index (χ0) is 11.3. The van der Waals surface area contributed by atoms with E-state index in [-0.39, 0.29) is 6.42 Å². The molecule has 2 N–H and O–H groups in total. The topological polar surface area (TPSA) is 58.6 Å². The zero-order valence-corrected chi connectivity index (χ0v) is 8.91. The van der Waals surface area contributed by atoms with Crippen molar-refractivity contribution < 1.29 is 14.6 Å². The highest BCUT2D eigenvalue weighted by molar-refractivity contribution is 5.68. The molecule has 0 aromatic heterocycles. The van der Waals surface area contributed by atoms with Gasteiger partial charge < -0.3 is 15.2 Å². The number of anilines is 1. The summed E-state index contributed by atoms with van der Waals surface area (Å²) in [5.41, 5.74) is 1.86. The number of hydrogen-bond acceptors (Lipinski definition) is 3. The van der Waals surface area contributed by atoms with Crippen molar-refractivity contribution in [3.05, 3.63) is 23.8 Å². The Bertz CT molecular complexity index is 350. The molecule has 0 aliphatic rings. The summed E-state index contributed by atoms with van der Waals surface area (Å²) >= 11 is 0. The normalized spacial score (nSPS) is 9.73. The van der Waals surface area contributed by atoms with Crippen LogP contribution in [0.15, 0.2) is 18.2 Å². The molecule has 0 heterocycles. The van der Waals surface area contributed by atoms with Gasteiger partial charge in [-0.05, 0) is 18.6 Å². The lowest BCUT2D eigenvalue weighted by Crippen LogP contribution is -2.08. The van der Waals surface area contributed by atoms with E-state index in [1.54, 1.807) is 7.11 Å². The lowest BCUT2D eigenvalue weighted by Gasteiger charge is -2.12. The molecule has 0 saturated carbocycles. The van der Waals surface area contributed by atoms with E-state index in [0.29, 0.717) is 6.54 Å². The molecule has 4 nitrogen and oxygen atoms in total. The van der Waals surface area contributed by atoms with Crippen LogP contribution >= 0.6 is 0 Å². The van der Waals surface area contributed by atoms with Crippen LogP contribution in [-0.2, 0) is 4.79 Å². The summed E-state index contributed by atoms with van der Waals surface area (Å²) in [5.74, 6) is -0.0444. The second kappa shape index (κ2) is 5.24. The van der Waals surface area contributed by atoms with E-state index in [4.69, 9.17) is 9.84 Å². The van der Waals surface area contributed by atoms with Crippen molar-refractivity contribution in [2.45, 2.75) is 13.3 Å². The summed E-state index contributed by atoms with van der Waals surface area (Å²) in [6.45, 7) is 2.34. The van der Waals surface area contributed by atoms with Crippen molar-refractivity contribution in [3.8, 4) is 5.75 Å². The number of benzene rings is 1. The Morgan fingerprint density at radius 1 is 1.53 bits per heavy atom. The van der Waals surface area contributed by atoms with Crippen LogP contribution in [0.4, 0.5) is 5.69 Å². The van der Waals surface area contributed by atoms with Gasteiger partial charge in [-0.2, -0.15) is 0 Å². The molecule has 0 unspecified atom stereocenters. The number of aliphatic carboxylic acids is 1. The average Bonchev–Trinajstić information content (AvgIpc) is 2.17. The Hall–Kier alpha value is -1.71. The van der Waals surface area contributed by atoms with Crippen LogP contribution in [0.25, 0.3) is 0 Å². The fraction of sp³-hybridized carbons (Fsp3) is 0.364. The maximum absolute atomic E-state index is 10.3. The standard InChI is InChI=1S/C11H15NO3/c1-8-4-3-5-9(11(8)15-2)12-7-6-10(13)14/h3-5,12H,6-7H2,1-2H3,(H,13,14). The smallest absolute Gasteiger partial charge is 0.305 e. The molecular formula is C11H15NO3. The maximum atomic E-state index is 10.3. The number of carboxylic acids is 1. The van der Waals surface area contributed by atoms with Crippen LogP contribution < -0.4 is 10.1 Å². The van der Waals surface area contributed by atoms with Gasteiger partial charge in [0.15, 0.2) is 0 Å². The number of hydrogen-bond donors (Lipinski definition) is 2.